The molecule has 0 amide bonds. The van der Waals surface area contributed by atoms with E-state index in [0.29, 0.717) is 24.3 Å². The summed E-state index contributed by atoms with van der Waals surface area (Å²) in [5.74, 6) is -1.76. The molecule has 8 nitrogen and oxygen atoms in total. The van der Waals surface area contributed by atoms with Gasteiger partial charge < -0.3 is 30.3 Å². The molecule has 0 unspecified atom stereocenters. The molecule has 5 N–H and O–H groups in total. The Labute approximate surface area is 164 Å². The molecule has 0 radical (unpaired) electrons. The third-order valence-corrected chi connectivity index (χ3v) is 2.51. The lowest BCUT2D eigenvalue weighted by Gasteiger charge is -1.94. The van der Waals surface area contributed by atoms with Crippen molar-refractivity contribution in [1.29, 1.82) is 0 Å². The second kappa shape index (κ2) is 20.5. The number of rotatable bonds is 6. The Balaban J connectivity index is 0. The Hall–Kier alpha value is -2.78. The number of benzene rings is 2. The first kappa shape index (κ1) is 27.4. The highest BCUT2D eigenvalue weighted by atomic mass is 16.5. The minimum Gasteiger partial charge on any atom is -0.478 e. The van der Waals surface area contributed by atoms with E-state index in [9.17, 15) is 9.59 Å². The highest BCUT2D eigenvalue weighted by Gasteiger charge is 1.97. The van der Waals surface area contributed by atoms with Crippen LogP contribution < -0.4 is 0 Å². The quantitative estimate of drug-likeness (QED) is 0.465. The monoisotopic (exact) mass is 396 g/mol. The molecule has 0 saturated heterocycles. The van der Waals surface area contributed by atoms with Gasteiger partial charge in [0, 0.05) is 6.61 Å². The molecule has 28 heavy (non-hydrogen) atoms. The van der Waals surface area contributed by atoms with Crippen LogP contribution in [0.4, 0.5) is 0 Å². The van der Waals surface area contributed by atoms with Gasteiger partial charge in [-0.1, -0.05) is 36.4 Å². The van der Waals surface area contributed by atoms with E-state index in [1.54, 1.807) is 67.6 Å². The van der Waals surface area contributed by atoms with Crippen LogP contribution in [-0.4, -0.2) is 70.5 Å². The molecule has 2 rings (SSSR count). The van der Waals surface area contributed by atoms with Crippen molar-refractivity contribution in [2.75, 3.05) is 33.0 Å². The van der Waals surface area contributed by atoms with Gasteiger partial charge in [0.15, 0.2) is 0 Å². The van der Waals surface area contributed by atoms with Gasteiger partial charge in [-0.15, -0.1) is 0 Å². The first-order valence-electron chi connectivity index (χ1n) is 8.41. The first-order chi connectivity index (χ1) is 13.4. The maximum Gasteiger partial charge on any atom is 0.335 e. The number of aromatic carboxylic acids is 2. The van der Waals surface area contributed by atoms with Gasteiger partial charge in [-0.2, -0.15) is 0 Å². The summed E-state index contributed by atoms with van der Waals surface area (Å²) in [4.78, 5) is 20.4. The third kappa shape index (κ3) is 18.0. The maximum absolute atomic E-state index is 10.2. The highest BCUT2D eigenvalue weighted by molar-refractivity contribution is 5.87. The van der Waals surface area contributed by atoms with Crippen molar-refractivity contribution in [2.45, 2.75) is 6.92 Å². The van der Waals surface area contributed by atoms with E-state index in [0.717, 1.165) is 0 Å². The Bertz CT molecular complexity index is 549. The van der Waals surface area contributed by atoms with Crippen LogP contribution in [-0.2, 0) is 4.74 Å². The van der Waals surface area contributed by atoms with E-state index in [1.165, 1.54) is 0 Å². The van der Waals surface area contributed by atoms with Crippen molar-refractivity contribution in [3.63, 3.8) is 0 Å². The molecule has 0 spiro atoms. The summed E-state index contributed by atoms with van der Waals surface area (Å²) in [6.45, 7) is 2.63. The van der Waals surface area contributed by atoms with Crippen LogP contribution in [0.2, 0.25) is 0 Å². The molecule has 8 heteroatoms. The number of carbonyl (C=O) groups is 2. The second-order valence-electron chi connectivity index (χ2n) is 4.72. The molecule has 0 saturated carbocycles. The van der Waals surface area contributed by atoms with Crippen molar-refractivity contribution in [3.8, 4) is 0 Å². The molecule has 0 aromatic heterocycles. The second-order valence-corrected chi connectivity index (χ2v) is 4.72. The predicted octanol–water partition coefficient (Wildman–Crippen LogP) is 1.76. The normalized spacial score (nSPS) is 8.71. The Kier molecular flexibility index (Phi) is 20.1. The van der Waals surface area contributed by atoms with Gasteiger partial charge in [-0.3, -0.25) is 0 Å². The number of carboxylic acid groups (broad SMARTS) is 2. The van der Waals surface area contributed by atoms with Gasteiger partial charge in [0.1, 0.15) is 0 Å². The molecule has 0 bridgehead atoms. The SMILES string of the molecule is CCO.O=C(O)c1ccccc1.O=C(O)c1ccccc1.OCCOCCO. The Morgan fingerprint density at radius 2 is 1.00 bits per heavy atom. The maximum atomic E-state index is 10.2. The van der Waals surface area contributed by atoms with E-state index in [-0.39, 0.29) is 19.8 Å². The average molecular weight is 396 g/mol. The first-order valence-corrected chi connectivity index (χ1v) is 8.41. The molecule has 0 aliphatic heterocycles. The van der Waals surface area contributed by atoms with Crippen molar-refractivity contribution in [3.05, 3.63) is 71.8 Å². The minimum absolute atomic E-state index is 0.0278. The van der Waals surface area contributed by atoms with Crippen LogP contribution >= 0.6 is 0 Å². The fraction of sp³-hybridized carbons (Fsp3) is 0.300. The summed E-state index contributed by atoms with van der Waals surface area (Å²) < 4.78 is 4.63. The van der Waals surface area contributed by atoms with Gasteiger partial charge in [0.05, 0.1) is 37.6 Å². The zero-order chi connectivity index (χ0) is 21.6. The highest BCUT2D eigenvalue weighted by Crippen LogP contribution is 1.96. The van der Waals surface area contributed by atoms with Crippen LogP contribution in [0.1, 0.15) is 27.6 Å². The van der Waals surface area contributed by atoms with Crippen LogP contribution in [0.3, 0.4) is 0 Å². The number of ether oxygens (including phenoxy) is 1. The molecular weight excluding hydrogens is 368 g/mol. The summed E-state index contributed by atoms with van der Waals surface area (Å²) in [5, 5.41) is 40.5. The van der Waals surface area contributed by atoms with Crippen molar-refractivity contribution < 1.29 is 39.9 Å². The molecule has 0 atom stereocenters. The summed E-state index contributed by atoms with van der Waals surface area (Å²) >= 11 is 0. The summed E-state index contributed by atoms with van der Waals surface area (Å²) in [6.07, 6.45) is 0. The van der Waals surface area contributed by atoms with Gasteiger partial charge in [-0.05, 0) is 31.2 Å². The molecule has 0 fully saturated rings. The molecule has 0 aliphatic carbocycles. The summed E-state index contributed by atoms with van der Waals surface area (Å²) in [7, 11) is 0. The van der Waals surface area contributed by atoms with Crippen molar-refractivity contribution >= 4 is 11.9 Å². The van der Waals surface area contributed by atoms with Crippen LogP contribution in [0.25, 0.3) is 0 Å². The van der Waals surface area contributed by atoms with E-state index < -0.39 is 11.9 Å². The van der Waals surface area contributed by atoms with E-state index in [1.807, 2.05) is 0 Å². The van der Waals surface area contributed by atoms with Gasteiger partial charge in [0.25, 0.3) is 0 Å². The van der Waals surface area contributed by atoms with Gasteiger partial charge in [0.2, 0.25) is 0 Å². The van der Waals surface area contributed by atoms with Crippen LogP contribution in [0.5, 0.6) is 0 Å². The molecule has 156 valence electrons. The lowest BCUT2D eigenvalue weighted by molar-refractivity contribution is 0.0650. The number of aliphatic hydroxyl groups excluding tert-OH is 3. The smallest absolute Gasteiger partial charge is 0.335 e. The molecule has 2 aromatic rings. The van der Waals surface area contributed by atoms with Gasteiger partial charge in [-0.25, -0.2) is 9.59 Å². The molecule has 0 aliphatic rings. The largest absolute Gasteiger partial charge is 0.478 e. The van der Waals surface area contributed by atoms with E-state index >= 15 is 0 Å². The number of hydrogen-bond acceptors (Lipinski definition) is 6. The van der Waals surface area contributed by atoms with Crippen molar-refractivity contribution in [2.24, 2.45) is 0 Å². The standard InChI is InChI=1S/2C7H6O2.C4H10O3.C2H6O/c2*8-7(9)6-4-2-1-3-5-6;5-1-3-7-4-2-6;1-2-3/h2*1-5H,(H,8,9);5-6H,1-4H2;3H,2H2,1H3. The van der Waals surface area contributed by atoms with E-state index in [4.69, 9.17) is 25.5 Å². The van der Waals surface area contributed by atoms with Crippen LogP contribution in [0.15, 0.2) is 60.7 Å². The lowest BCUT2D eigenvalue weighted by atomic mass is 10.2. The number of carboxylic acids is 2. The van der Waals surface area contributed by atoms with Gasteiger partial charge >= 0.3 is 11.9 Å². The fourth-order valence-corrected chi connectivity index (χ4v) is 1.39. The summed E-state index contributed by atoms with van der Waals surface area (Å²) in [6, 6.07) is 16.6. The van der Waals surface area contributed by atoms with Crippen LogP contribution in [0, 0.1) is 0 Å². The minimum atomic E-state index is -0.879. The average Bonchev–Trinajstić information content (AvgIpc) is 2.71. The topological polar surface area (TPSA) is 145 Å². The Morgan fingerprint density at radius 1 is 0.714 bits per heavy atom. The third-order valence-electron chi connectivity index (χ3n) is 2.51. The van der Waals surface area contributed by atoms with Crippen molar-refractivity contribution in [1.82, 2.24) is 0 Å². The zero-order valence-electron chi connectivity index (χ0n) is 15.8. The van der Waals surface area contributed by atoms with E-state index in [2.05, 4.69) is 4.74 Å². The molecule has 2 aromatic carbocycles. The molecule has 0 heterocycles. The predicted molar refractivity (Wildman–Crippen MR) is 105 cm³/mol. The number of hydrogen-bond donors (Lipinski definition) is 5. The zero-order valence-corrected chi connectivity index (χ0v) is 15.8. The Morgan fingerprint density at radius 3 is 1.18 bits per heavy atom. The number of aliphatic hydroxyl groups is 3. The lowest BCUT2D eigenvalue weighted by Crippen LogP contribution is -2.03. The fourth-order valence-electron chi connectivity index (χ4n) is 1.39. The molecular formula is C20H28O8. The summed E-state index contributed by atoms with van der Waals surface area (Å²) in [5.41, 5.74) is 0.662.